The lowest BCUT2D eigenvalue weighted by Gasteiger charge is -1.61. The van der Waals surface area contributed by atoms with E-state index in [0.29, 0.717) is 0 Å². The molecule has 4 heteroatoms. The van der Waals surface area contributed by atoms with E-state index in [2.05, 4.69) is 5.18 Å². The molecule has 1 N–H and O–H groups in total. The van der Waals surface area contributed by atoms with Gasteiger partial charge in [-0.1, -0.05) is 0 Å². The molecule has 0 atom stereocenters. The average molecular weight is 95.1 g/mol. The standard InChI is InChI=1S/C3HN3O/c4-1-3(2-5)6-7/h4H. The molecule has 0 aromatic carbocycles. The van der Waals surface area contributed by atoms with Crippen LogP contribution in [0.4, 0.5) is 0 Å². The molecule has 0 aliphatic carbocycles. The second-order valence-electron chi connectivity index (χ2n) is 0.677. The van der Waals surface area contributed by atoms with Crippen LogP contribution in [-0.2, 0) is 0 Å². The van der Waals surface area contributed by atoms with Gasteiger partial charge in [-0.05, 0) is 5.18 Å². The minimum Gasteiger partial charge on any atom is -0.256 e. The van der Waals surface area contributed by atoms with Crippen molar-refractivity contribution in [2.75, 3.05) is 0 Å². The molecule has 0 saturated heterocycles. The van der Waals surface area contributed by atoms with Crippen LogP contribution >= 0.6 is 0 Å². The molecule has 0 bridgehead atoms. The lowest BCUT2D eigenvalue weighted by atomic mass is 10.6. The maximum atomic E-state index is 9.28. The van der Waals surface area contributed by atoms with Gasteiger partial charge in [0.2, 0.25) is 5.70 Å². The number of hydrogen-bond donors (Lipinski definition) is 1. The highest BCUT2D eigenvalue weighted by atomic mass is 16.3. The largest absolute Gasteiger partial charge is 0.256 e. The molecule has 0 spiro atoms. The van der Waals surface area contributed by atoms with Gasteiger partial charge in [0.25, 0.3) is 0 Å². The monoisotopic (exact) mass is 95.0 g/mol. The fraction of sp³-hybridized carbons (Fsp3) is 0. The molecule has 0 saturated carbocycles. The van der Waals surface area contributed by atoms with Crippen LogP contribution in [0.3, 0.4) is 0 Å². The van der Waals surface area contributed by atoms with Crippen molar-refractivity contribution >= 4 is 5.87 Å². The van der Waals surface area contributed by atoms with Gasteiger partial charge in [0.1, 0.15) is 6.07 Å². The van der Waals surface area contributed by atoms with Crippen LogP contribution in [0.15, 0.2) is 10.9 Å². The van der Waals surface area contributed by atoms with Crippen molar-refractivity contribution in [3.8, 4) is 6.07 Å². The van der Waals surface area contributed by atoms with E-state index in [1.807, 2.05) is 0 Å². The van der Waals surface area contributed by atoms with Gasteiger partial charge in [-0.25, -0.2) is 0 Å². The minimum absolute atomic E-state index is 0.528. The van der Waals surface area contributed by atoms with Crippen LogP contribution in [0.2, 0.25) is 0 Å². The summed E-state index contributed by atoms with van der Waals surface area (Å²) in [5, 5.41) is 16.1. The van der Waals surface area contributed by atoms with Crippen molar-refractivity contribution in [1.82, 2.24) is 0 Å². The number of nitroso groups, excluding NO2 is 1. The summed E-state index contributed by atoms with van der Waals surface area (Å²) in [6, 6.07) is 1.34. The zero-order chi connectivity index (χ0) is 5.70. The quantitative estimate of drug-likeness (QED) is 0.291. The third-order valence-electron chi connectivity index (χ3n) is 0.316. The lowest BCUT2D eigenvalue weighted by Crippen LogP contribution is -1.65. The molecule has 0 rings (SSSR count). The van der Waals surface area contributed by atoms with Crippen molar-refractivity contribution in [3.05, 3.63) is 10.6 Å². The van der Waals surface area contributed by atoms with Gasteiger partial charge in [-0.2, -0.15) is 5.26 Å². The van der Waals surface area contributed by atoms with E-state index in [1.54, 1.807) is 0 Å². The zero-order valence-electron chi connectivity index (χ0n) is 3.30. The van der Waals surface area contributed by atoms with Crippen LogP contribution in [0.5, 0.6) is 0 Å². The summed E-state index contributed by atoms with van der Waals surface area (Å²) in [5.74, 6) is 1.53. The van der Waals surface area contributed by atoms with Crippen LogP contribution in [0.25, 0.3) is 0 Å². The highest BCUT2D eigenvalue weighted by Gasteiger charge is 1.84. The van der Waals surface area contributed by atoms with E-state index in [-0.39, 0.29) is 0 Å². The Morgan fingerprint density at radius 1 is 1.86 bits per heavy atom. The summed E-state index contributed by atoms with van der Waals surface area (Å²) in [5.41, 5.74) is -0.528. The fourth-order valence-corrected chi connectivity index (χ4v) is 0.0712. The third-order valence-corrected chi connectivity index (χ3v) is 0.316. The first-order valence-electron chi connectivity index (χ1n) is 1.38. The Morgan fingerprint density at radius 3 is 2.43 bits per heavy atom. The molecule has 0 radical (unpaired) electrons. The van der Waals surface area contributed by atoms with Crippen LogP contribution in [-0.4, -0.2) is 5.87 Å². The Labute approximate surface area is 39.6 Å². The second kappa shape index (κ2) is 2.76. The summed E-state index contributed by atoms with van der Waals surface area (Å²) in [6.07, 6.45) is 0. The second-order valence-corrected chi connectivity index (χ2v) is 0.677. The van der Waals surface area contributed by atoms with Gasteiger partial charge in [0, 0.05) is 5.87 Å². The smallest absolute Gasteiger partial charge is 0.244 e. The summed E-state index contributed by atoms with van der Waals surface area (Å²) < 4.78 is 0. The van der Waals surface area contributed by atoms with Gasteiger partial charge >= 0.3 is 0 Å². The molecule has 0 aromatic rings. The van der Waals surface area contributed by atoms with Gasteiger partial charge in [-0.15, -0.1) is 4.91 Å². The van der Waals surface area contributed by atoms with E-state index in [9.17, 15) is 4.91 Å². The van der Waals surface area contributed by atoms with Crippen molar-refractivity contribution in [3.63, 3.8) is 0 Å². The van der Waals surface area contributed by atoms with Gasteiger partial charge in [0.15, 0.2) is 0 Å². The number of nitrogens with one attached hydrogen (secondary N) is 1. The molecule has 0 aliphatic heterocycles. The van der Waals surface area contributed by atoms with Crippen molar-refractivity contribution in [1.29, 1.82) is 10.7 Å². The van der Waals surface area contributed by atoms with Crippen LogP contribution in [0.1, 0.15) is 0 Å². The molecule has 34 valence electrons. The summed E-state index contributed by atoms with van der Waals surface area (Å²) >= 11 is 0. The Kier molecular flexibility index (Phi) is 2.18. The fourth-order valence-electron chi connectivity index (χ4n) is 0.0712. The summed E-state index contributed by atoms with van der Waals surface area (Å²) in [6.45, 7) is 0. The minimum atomic E-state index is -0.528. The normalized spacial score (nSPS) is 5.57. The number of nitriles is 1. The molecule has 0 fully saturated rings. The number of nitrogens with zero attached hydrogens (tertiary/aromatic N) is 2. The third kappa shape index (κ3) is 1.42. The number of rotatable bonds is 1. The molecule has 0 aliphatic rings. The number of allylic oxidation sites excluding steroid dienone is 1. The van der Waals surface area contributed by atoms with E-state index >= 15 is 0 Å². The maximum absolute atomic E-state index is 9.28. The highest BCUT2D eigenvalue weighted by Crippen LogP contribution is 1.80. The topological polar surface area (TPSA) is 77.1 Å². The molecule has 0 heterocycles. The van der Waals surface area contributed by atoms with E-state index in [1.165, 1.54) is 11.9 Å². The molecular formula is C3HN3O. The molecule has 7 heavy (non-hydrogen) atoms. The molecular weight excluding hydrogens is 94.1 g/mol. The van der Waals surface area contributed by atoms with E-state index in [4.69, 9.17) is 10.7 Å². The SMILES string of the molecule is N#CC(=C=N)N=O. The van der Waals surface area contributed by atoms with E-state index < -0.39 is 5.70 Å². The van der Waals surface area contributed by atoms with Gasteiger partial charge < -0.3 is 0 Å². The molecule has 0 amide bonds. The summed E-state index contributed by atoms with van der Waals surface area (Å²) in [7, 11) is 0. The Balaban J connectivity index is 4.24. The summed E-state index contributed by atoms with van der Waals surface area (Å²) in [4.78, 5) is 9.28. The predicted octanol–water partition coefficient (Wildman–Crippen LogP) is 0.409. The number of hydrogen-bond acceptors (Lipinski definition) is 4. The van der Waals surface area contributed by atoms with Gasteiger partial charge in [0.05, 0.1) is 0 Å². The Bertz CT molecular complexity index is 160. The Hall–Kier alpha value is -1.46. The average Bonchev–Trinajstić information content (AvgIpc) is 1.72. The lowest BCUT2D eigenvalue weighted by molar-refractivity contribution is 1.38. The molecule has 4 nitrogen and oxygen atoms in total. The first kappa shape index (κ1) is 5.54. The van der Waals surface area contributed by atoms with E-state index in [0.717, 1.165) is 0 Å². The first-order valence-corrected chi connectivity index (χ1v) is 1.38. The molecule has 0 unspecified atom stereocenters. The molecule has 0 aromatic heterocycles. The zero-order valence-corrected chi connectivity index (χ0v) is 3.30. The van der Waals surface area contributed by atoms with Crippen LogP contribution < -0.4 is 0 Å². The first-order chi connectivity index (χ1) is 3.35. The highest BCUT2D eigenvalue weighted by molar-refractivity contribution is 5.59. The van der Waals surface area contributed by atoms with Crippen LogP contribution in [0, 0.1) is 21.6 Å². The van der Waals surface area contributed by atoms with Crippen molar-refractivity contribution < 1.29 is 0 Å². The van der Waals surface area contributed by atoms with Gasteiger partial charge in [-0.3, -0.25) is 5.41 Å². The van der Waals surface area contributed by atoms with Crippen molar-refractivity contribution in [2.24, 2.45) is 5.18 Å². The maximum Gasteiger partial charge on any atom is 0.244 e. The predicted molar refractivity (Wildman–Crippen MR) is 22.6 cm³/mol. The van der Waals surface area contributed by atoms with Crippen molar-refractivity contribution in [2.45, 2.75) is 0 Å². The Morgan fingerprint density at radius 2 is 2.43 bits per heavy atom.